The van der Waals surface area contributed by atoms with Crippen LogP contribution in [-0.4, -0.2) is 43.4 Å². The van der Waals surface area contributed by atoms with E-state index in [1.165, 1.54) is 31.3 Å². The van der Waals surface area contributed by atoms with Crippen LogP contribution < -0.4 is 10.6 Å². The molecule has 0 bridgehead atoms. The second-order valence-electron chi connectivity index (χ2n) is 4.09. The zero-order chi connectivity index (χ0) is 16.0. The maximum Gasteiger partial charge on any atom is 0.411 e. The lowest BCUT2D eigenvalue weighted by molar-refractivity contribution is -0.175. The van der Waals surface area contributed by atoms with E-state index in [9.17, 15) is 18.0 Å². The summed E-state index contributed by atoms with van der Waals surface area (Å²) >= 11 is 0. The zero-order valence-electron chi connectivity index (χ0n) is 11.1. The molecule has 6 nitrogen and oxygen atoms in total. The zero-order valence-corrected chi connectivity index (χ0v) is 11.1. The Balaban J connectivity index is 2.62. The van der Waals surface area contributed by atoms with Crippen LogP contribution in [0.4, 0.5) is 18.9 Å². The molecule has 3 N–H and O–H groups in total. The van der Waals surface area contributed by atoms with Crippen LogP contribution in [0, 0.1) is 0 Å². The monoisotopic (exact) mass is 305 g/mol. The molecule has 0 radical (unpaired) electrons. The number of hydrogen-bond acceptors (Lipinski definition) is 4. The molecule has 116 valence electrons. The molecular formula is C12H14F3N3O3. The van der Waals surface area contributed by atoms with Crippen LogP contribution in [0.15, 0.2) is 29.4 Å². The van der Waals surface area contributed by atoms with E-state index < -0.39 is 25.3 Å². The lowest BCUT2D eigenvalue weighted by atomic mass is 10.2. The van der Waals surface area contributed by atoms with Gasteiger partial charge in [-0.05, 0) is 24.3 Å². The molecule has 0 spiro atoms. The van der Waals surface area contributed by atoms with Crippen LogP contribution in [0.5, 0.6) is 0 Å². The second kappa shape index (κ2) is 6.93. The Kier molecular flexibility index (Phi) is 5.53. The van der Waals surface area contributed by atoms with Crippen molar-refractivity contribution in [2.24, 2.45) is 10.9 Å². The average Bonchev–Trinajstić information content (AvgIpc) is 2.44. The molecule has 0 aliphatic rings. The minimum atomic E-state index is -4.47. The number of carbonyl (C=O) groups excluding carboxylic acids is 1. The van der Waals surface area contributed by atoms with Crippen molar-refractivity contribution in [3.8, 4) is 0 Å². The van der Waals surface area contributed by atoms with Crippen molar-refractivity contribution in [2.45, 2.75) is 6.18 Å². The number of nitrogens with two attached hydrogens (primary N) is 1. The van der Waals surface area contributed by atoms with Crippen molar-refractivity contribution >= 4 is 17.4 Å². The van der Waals surface area contributed by atoms with Gasteiger partial charge in [-0.15, -0.1) is 0 Å². The molecule has 9 heteroatoms. The third-order valence-electron chi connectivity index (χ3n) is 2.52. The van der Waals surface area contributed by atoms with E-state index in [0.717, 1.165) is 4.90 Å². The number of hydrogen-bond donors (Lipinski definition) is 2. The Morgan fingerprint density at radius 3 is 2.43 bits per heavy atom. The van der Waals surface area contributed by atoms with E-state index in [0.29, 0.717) is 11.3 Å². The second-order valence-corrected chi connectivity index (χ2v) is 4.09. The Hall–Kier alpha value is -2.29. The average molecular weight is 305 g/mol. The smallest absolute Gasteiger partial charge is 0.409 e. The van der Waals surface area contributed by atoms with Crippen molar-refractivity contribution in [3.63, 3.8) is 0 Å². The lowest BCUT2D eigenvalue weighted by Crippen LogP contribution is -2.31. The fourth-order valence-corrected chi connectivity index (χ4v) is 1.41. The van der Waals surface area contributed by atoms with Crippen LogP contribution in [0.2, 0.25) is 0 Å². The molecule has 0 aliphatic carbocycles. The molecule has 0 unspecified atom stereocenters. The van der Waals surface area contributed by atoms with E-state index in [4.69, 9.17) is 10.9 Å². The topological polar surface area (TPSA) is 88.2 Å². The van der Waals surface area contributed by atoms with Gasteiger partial charge < -0.3 is 20.6 Å². The van der Waals surface area contributed by atoms with Gasteiger partial charge in [0.05, 0.1) is 0 Å². The number of oxime groups is 1. The van der Waals surface area contributed by atoms with E-state index in [2.05, 4.69) is 9.89 Å². The summed E-state index contributed by atoms with van der Waals surface area (Å²) in [5.41, 5.74) is 6.26. The first-order valence-electron chi connectivity index (χ1n) is 5.73. The molecule has 1 amide bonds. The third-order valence-corrected chi connectivity index (χ3v) is 2.52. The number of amides is 1. The Morgan fingerprint density at radius 2 is 1.95 bits per heavy atom. The summed E-state index contributed by atoms with van der Waals surface area (Å²) < 4.78 is 40.0. The van der Waals surface area contributed by atoms with Crippen LogP contribution in [0.25, 0.3) is 0 Å². The van der Waals surface area contributed by atoms with Crippen LogP contribution in [-0.2, 0) is 9.53 Å². The van der Waals surface area contributed by atoms with Crippen molar-refractivity contribution in [1.29, 1.82) is 0 Å². The van der Waals surface area contributed by atoms with Gasteiger partial charge in [0.1, 0.15) is 13.2 Å². The molecule has 0 aromatic heterocycles. The van der Waals surface area contributed by atoms with Gasteiger partial charge in [-0.25, -0.2) is 0 Å². The number of rotatable bonds is 5. The van der Waals surface area contributed by atoms with Crippen molar-refractivity contribution in [1.82, 2.24) is 0 Å². The number of alkyl halides is 3. The van der Waals surface area contributed by atoms with Gasteiger partial charge in [-0.2, -0.15) is 13.2 Å². The van der Waals surface area contributed by atoms with E-state index in [1.54, 1.807) is 0 Å². The molecular weight excluding hydrogens is 291 g/mol. The molecule has 1 aromatic carbocycles. The van der Waals surface area contributed by atoms with Gasteiger partial charge in [0.15, 0.2) is 5.84 Å². The molecule has 0 atom stereocenters. The fraction of sp³-hybridized carbons (Fsp3) is 0.333. The molecule has 1 aromatic rings. The minimum absolute atomic E-state index is 0.0935. The van der Waals surface area contributed by atoms with Crippen LogP contribution in [0.3, 0.4) is 0 Å². The van der Waals surface area contributed by atoms with Gasteiger partial charge >= 0.3 is 6.18 Å². The standard InChI is InChI=1S/C12H14F3N3O3/c1-18(10(19)6-21-7-12(13,14)15)9-4-2-8(3-5-9)11(16)17-20/h2-5,20H,6-7H2,1H3,(H2,16,17). The van der Waals surface area contributed by atoms with Gasteiger partial charge in [0, 0.05) is 18.3 Å². The van der Waals surface area contributed by atoms with Gasteiger partial charge in [0.25, 0.3) is 5.91 Å². The lowest BCUT2D eigenvalue weighted by Gasteiger charge is -2.18. The van der Waals surface area contributed by atoms with Gasteiger partial charge in [-0.1, -0.05) is 5.16 Å². The summed E-state index contributed by atoms with van der Waals surface area (Å²) in [5.74, 6) is -0.722. The molecule has 0 fully saturated rings. The largest absolute Gasteiger partial charge is 0.411 e. The number of anilines is 1. The quantitative estimate of drug-likeness (QED) is 0.372. The number of nitrogens with zero attached hydrogens (tertiary/aromatic N) is 2. The fourth-order valence-electron chi connectivity index (χ4n) is 1.41. The van der Waals surface area contributed by atoms with Crippen molar-refractivity contribution in [2.75, 3.05) is 25.2 Å². The van der Waals surface area contributed by atoms with Crippen LogP contribution in [0.1, 0.15) is 5.56 Å². The highest BCUT2D eigenvalue weighted by Gasteiger charge is 2.28. The Bertz CT molecular complexity index is 515. The highest BCUT2D eigenvalue weighted by atomic mass is 19.4. The van der Waals surface area contributed by atoms with Gasteiger partial charge in [0.2, 0.25) is 0 Å². The highest BCUT2D eigenvalue weighted by molar-refractivity contribution is 5.98. The van der Waals surface area contributed by atoms with E-state index >= 15 is 0 Å². The molecule has 0 heterocycles. The summed E-state index contributed by atoms with van der Waals surface area (Å²) in [6.07, 6.45) is -4.47. The first-order chi connectivity index (χ1) is 9.74. The summed E-state index contributed by atoms with van der Waals surface area (Å²) in [5, 5.41) is 11.3. The number of ether oxygens (including phenoxy) is 1. The van der Waals surface area contributed by atoms with Gasteiger partial charge in [-0.3, -0.25) is 4.79 Å². The van der Waals surface area contributed by atoms with Crippen molar-refractivity contribution in [3.05, 3.63) is 29.8 Å². The van der Waals surface area contributed by atoms with Crippen molar-refractivity contribution < 1.29 is 27.9 Å². The minimum Gasteiger partial charge on any atom is -0.409 e. The molecule has 21 heavy (non-hydrogen) atoms. The summed E-state index contributed by atoms with van der Waals surface area (Å²) in [6, 6.07) is 6.03. The number of likely N-dealkylation sites (N-methyl/N-ethyl adjacent to an activating group) is 1. The number of halogens is 3. The Labute approximate surface area is 118 Å². The number of benzene rings is 1. The summed E-state index contributed by atoms with van der Waals surface area (Å²) in [6.45, 7) is -2.16. The third kappa shape index (κ3) is 5.30. The van der Waals surface area contributed by atoms with E-state index in [1.807, 2.05) is 0 Å². The maximum absolute atomic E-state index is 11.9. The molecule has 1 rings (SSSR count). The maximum atomic E-state index is 11.9. The number of carbonyl (C=O) groups is 1. The summed E-state index contributed by atoms with van der Waals surface area (Å²) in [7, 11) is 1.40. The summed E-state index contributed by atoms with van der Waals surface area (Å²) in [4.78, 5) is 12.8. The molecule has 0 saturated heterocycles. The molecule has 0 saturated carbocycles. The SMILES string of the molecule is CN(C(=O)COCC(F)(F)F)c1ccc(/C(N)=N/O)cc1. The normalized spacial score (nSPS) is 12.3. The predicted molar refractivity (Wildman–Crippen MR) is 69.2 cm³/mol. The van der Waals surface area contributed by atoms with Crippen LogP contribution >= 0.6 is 0 Å². The first kappa shape index (κ1) is 16.8. The first-order valence-corrected chi connectivity index (χ1v) is 5.73. The highest BCUT2D eigenvalue weighted by Crippen LogP contribution is 2.16. The Morgan fingerprint density at radius 1 is 1.38 bits per heavy atom. The predicted octanol–water partition coefficient (Wildman–Crippen LogP) is 1.32. The molecule has 0 aliphatic heterocycles. The van der Waals surface area contributed by atoms with E-state index in [-0.39, 0.29) is 5.84 Å². The number of amidine groups is 1.